The Kier molecular flexibility index (Phi) is 6.29. The Balaban J connectivity index is 1.46. The predicted molar refractivity (Wildman–Crippen MR) is 132 cm³/mol. The number of aromatic nitrogens is 7. The van der Waals surface area contributed by atoms with Gasteiger partial charge in [-0.3, -0.25) is 4.57 Å². The van der Waals surface area contributed by atoms with E-state index < -0.39 is 0 Å². The molecule has 2 aromatic heterocycles. The molecule has 3 aromatic carbocycles. The zero-order chi connectivity index (χ0) is 23.5. The molecule has 10 heteroatoms. The Hall–Kier alpha value is -3.69. The first-order valence-corrected chi connectivity index (χ1v) is 11.9. The summed E-state index contributed by atoms with van der Waals surface area (Å²) < 4.78 is 4.45. The number of aryl methyl sites for hydroxylation is 1. The maximum absolute atomic E-state index is 13.0. The molecule has 0 saturated carbocycles. The molecule has 5 rings (SSSR count). The highest BCUT2D eigenvalue weighted by Crippen LogP contribution is 2.26. The smallest absolute Gasteiger partial charge is 0.272 e. The summed E-state index contributed by atoms with van der Waals surface area (Å²) in [5.74, 6) is 1.34. The largest absolute Gasteiger partial charge is 0.368 e. The van der Waals surface area contributed by atoms with Gasteiger partial charge in [0.1, 0.15) is 6.54 Å². The minimum Gasteiger partial charge on any atom is -0.272 e. The summed E-state index contributed by atoms with van der Waals surface area (Å²) in [4.78, 5) is 13.0. The molecule has 0 bridgehead atoms. The van der Waals surface area contributed by atoms with Crippen molar-refractivity contribution in [3.8, 4) is 11.4 Å². The van der Waals surface area contributed by atoms with E-state index in [4.69, 9.17) is 11.6 Å². The molecule has 0 amide bonds. The van der Waals surface area contributed by atoms with Gasteiger partial charge in [-0.25, -0.2) is 4.79 Å². The van der Waals surface area contributed by atoms with Gasteiger partial charge in [0.2, 0.25) is 0 Å². The lowest BCUT2D eigenvalue weighted by Crippen LogP contribution is -2.25. The molecule has 5 aromatic rings. The highest BCUT2D eigenvalue weighted by atomic mass is 35.5. The molecule has 0 spiro atoms. The van der Waals surface area contributed by atoms with Crippen LogP contribution in [-0.4, -0.2) is 34.6 Å². The summed E-state index contributed by atoms with van der Waals surface area (Å²) in [6.45, 7) is 2.20. The van der Waals surface area contributed by atoms with Crippen LogP contribution in [0.1, 0.15) is 17.0 Å². The Morgan fingerprint density at radius 1 is 0.882 bits per heavy atom. The van der Waals surface area contributed by atoms with Gasteiger partial charge in [0.25, 0.3) is 0 Å². The van der Waals surface area contributed by atoms with Gasteiger partial charge in [-0.2, -0.15) is 9.36 Å². The average Bonchev–Trinajstić information content (AvgIpc) is 3.42. The molecule has 0 radical (unpaired) electrons. The van der Waals surface area contributed by atoms with Crippen molar-refractivity contribution in [3.05, 3.63) is 111 Å². The third-order valence-electron chi connectivity index (χ3n) is 5.17. The lowest BCUT2D eigenvalue weighted by atomic mass is 10.2. The molecular formula is C24H20ClN7OS. The van der Waals surface area contributed by atoms with E-state index in [0.717, 1.165) is 16.6 Å². The molecule has 0 aliphatic heterocycles. The summed E-state index contributed by atoms with van der Waals surface area (Å²) >= 11 is 7.54. The zero-order valence-electron chi connectivity index (χ0n) is 18.2. The van der Waals surface area contributed by atoms with E-state index in [1.165, 1.54) is 20.5 Å². The van der Waals surface area contributed by atoms with Crippen LogP contribution < -0.4 is 5.69 Å². The van der Waals surface area contributed by atoms with Crippen LogP contribution in [0.4, 0.5) is 0 Å². The van der Waals surface area contributed by atoms with Crippen LogP contribution in [0.25, 0.3) is 11.4 Å². The van der Waals surface area contributed by atoms with E-state index in [2.05, 4.69) is 51.8 Å². The van der Waals surface area contributed by atoms with Crippen molar-refractivity contribution in [2.75, 3.05) is 0 Å². The zero-order valence-corrected chi connectivity index (χ0v) is 19.8. The van der Waals surface area contributed by atoms with Gasteiger partial charge in [-0.05, 0) is 59.3 Å². The first-order valence-electron chi connectivity index (χ1n) is 10.6. The van der Waals surface area contributed by atoms with Crippen LogP contribution in [0, 0.1) is 6.92 Å². The molecule has 0 fully saturated rings. The maximum Gasteiger partial charge on any atom is 0.368 e. The van der Waals surface area contributed by atoms with Gasteiger partial charge in [0, 0.05) is 16.5 Å². The lowest BCUT2D eigenvalue weighted by Gasteiger charge is -2.10. The highest BCUT2D eigenvalue weighted by Gasteiger charge is 2.18. The molecular weight excluding hydrogens is 470 g/mol. The van der Waals surface area contributed by atoms with Gasteiger partial charge < -0.3 is 0 Å². The topological polar surface area (TPSA) is 83.4 Å². The van der Waals surface area contributed by atoms with Crippen LogP contribution in [0.2, 0.25) is 5.02 Å². The number of hydrogen-bond acceptors (Lipinski definition) is 6. The number of benzene rings is 3. The van der Waals surface area contributed by atoms with E-state index >= 15 is 0 Å². The number of nitrogens with zero attached hydrogens (tertiary/aromatic N) is 7. The fourth-order valence-corrected chi connectivity index (χ4v) is 4.57. The second-order valence-electron chi connectivity index (χ2n) is 7.65. The summed E-state index contributed by atoms with van der Waals surface area (Å²) in [5.41, 5.74) is 3.54. The average molecular weight is 490 g/mol. The van der Waals surface area contributed by atoms with E-state index in [-0.39, 0.29) is 12.2 Å². The maximum atomic E-state index is 13.0. The third-order valence-corrected chi connectivity index (χ3v) is 6.42. The summed E-state index contributed by atoms with van der Waals surface area (Å²) in [5, 5.41) is 18.2. The standard InChI is InChI=1S/C24H20ClN7OS/c1-17-6-5-7-18(14-17)16-34-23-27-26-22(31(23)20-8-3-2-4-9-20)15-30-24(33)32(29-28-30)21-12-10-19(25)11-13-21/h2-14H,15-16H2,1H3. The Morgan fingerprint density at radius 2 is 1.68 bits per heavy atom. The van der Waals surface area contributed by atoms with Crippen LogP contribution >= 0.6 is 23.4 Å². The number of tetrazole rings is 1. The van der Waals surface area contributed by atoms with Crippen LogP contribution in [0.15, 0.2) is 88.8 Å². The van der Waals surface area contributed by atoms with E-state index in [1.54, 1.807) is 36.0 Å². The first-order chi connectivity index (χ1) is 16.6. The second-order valence-corrected chi connectivity index (χ2v) is 9.03. The SMILES string of the molecule is Cc1cccc(CSc2nnc(Cn3nnn(-c4ccc(Cl)cc4)c3=O)n2-c2ccccc2)c1. The molecule has 34 heavy (non-hydrogen) atoms. The van der Waals surface area contributed by atoms with E-state index in [9.17, 15) is 4.79 Å². The molecule has 0 unspecified atom stereocenters. The number of hydrogen-bond donors (Lipinski definition) is 0. The number of halogens is 1. The summed E-state index contributed by atoms with van der Waals surface area (Å²) in [6.07, 6.45) is 0. The monoisotopic (exact) mass is 489 g/mol. The van der Waals surface area contributed by atoms with Gasteiger partial charge in [-0.1, -0.05) is 71.4 Å². The van der Waals surface area contributed by atoms with Crippen molar-refractivity contribution >= 4 is 23.4 Å². The lowest BCUT2D eigenvalue weighted by molar-refractivity contribution is 0.598. The molecule has 0 atom stereocenters. The minimum absolute atomic E-state index is 0.124. The van der Waals surface area contributed by atoms with Gasteiger partial charge in [0.15, 0.2) is 11.0 Å². The van der Waals surface area contributed by atoms with Crippen LogP contribution in [-0.2, 0) is 12.3 Å². The summed E-state index contributed by atoms with van der Waals surface area (Å²) in [6, 6.07) is 25.0. The van der Waals surface area contributed by atoms with Crippen molar-refractivity contribution < 1.29 is 0 Å². The number of thioether (sulfide) groups is 1. The highest BCUT2D eigenvalue weighted by molar-refractivity contribution is 7.98. The minimum atomic E-state index is -0.376. The molecule has 0 saturated heterocycles. The van der Waals surface area contributed by atoms with Gasteiger partial charge in [-0.15, -0.1) is 10.2 Å². The molecule has 0 aliphatic rings. The van der Waals surface area contributed by atoms with Crippen molar-refractivity contribution in [2.24, 2.45) is 0 Å². The van der Waals surface area contributed by atoms with Gasteiger partial charge in [0.05, 0.1) is 5.69 Å². The third kappa shape index (κ3) is 4.66. The van der Waals surface area contributed by atoms with Crippen molar-refractivity contribution in [2.45, 2.75) is 24.4 Å². The predicted octanol–water partition coefficient (Wildman–Crippen LogP) is 4.31. The Labute approximate surface area is 204 Å². The van der Waals surface area contributed by atoms with Crippen LogP contribution in [0.3, 0.4) is 0 Å². The van der Waals surface area contributed by atoms with Crippen molar-refractivity contribution in [1.82, 2.24) is 34.6 Å². The normalized spacial score (nSPS) is 11.1. The van der Waals surface area contributed by atoms with Crippen molar-refractivity contribution in [3.63, 3.8) is 0 Å². The molecule has 0 aliphatic carbocycles. The van der Waals surface area contributed by atoms with Crippen LogP contribution in [0.5, 0.6) is 0 Å². The molecule has 8 nitrogen and oxygen atoms in total. The van der Waals surface area contributed by atoms with Gasteiger partial charge >= 0.3 is 5.69 Å². The summed E-state index contributed by atoms with van der Waals surface area (Å²) in [7, 11) is 0. The Bertz CT molecular complexity index is 1480. The number of para-hydroxylation sites is 1. The fourth-order valence-electron chi connectivity index (χ4n) is 3.53. The quantitative estimate of drug-likeness (QED) is 0.317. The molecule has 2 heterocycles. The first kappa shape index (κ1) is 22.1. The molecule has 0 N–H and O–H groups in total. The number of rotatable bonds is 7. The van der Waals surface area contributed by atoms with E-state index in [0.29, 0.717) is 16.5 Å². The second kappa shape index (κ2) is 9.66. The Morgan fingerprint density at radius 3 is 2.44 bits per heavy atom. The van der Waals surface area contributed by atoms with Crippen molar-refractivity contribution in [1.29, 1.82) is 0 Å². The molecule has 170 valence electrons. The van der Waals surface area contributed by atoms with E-state index in [1.807, 2.05) is 34.9 Å². The fraction of sp³-hybridized carbons (Fsp3) is 0.125.